The van der Waals surface area contributed by atoms with Crippen LogP contribution in [0.4, 0.5) is 11.4 Å². The highest BCUT2D eigenvalue weighted by Crippen LogP contribution is 2.25. The molecule has 0 saturated heterocycles. The molecule has 2 aromatic carbocycles. The van der Waals surface area contributed by atoms with Gasteiger partial charge in [-0.1, -0.05) is 41.4 Å². The molecule has 2 aromatic rings. The van der Waals surface area contributed by atoms with Crippen LogP contribution in [0.3, 0.4) is 0 Å². The van der Waals surface area contributed by atoms with Gasteiger partial charge in [0.15, 0.2) is 0 Å². The van der Waals surface area contributed by atoms with E-state index in [0.29, 0.717) is 28.6 Å². The van der Waals surface area contributed by atoms with Gasteiger partial charge in [-0.15, -0.1) is 0 Å². The Labute approximate surface area is 151 Å². The number of anilines is 2. The molecule has 0 spiro atoms. The van der Waals surface area contributed by atoms with E-state index >= 15 is 0 Å². The van der Waals surface area contributed by atoms with Crippen molar-refractivity contribution in [3.63, 3.8) is 0 Å². The first-order valence-electron chi connectivity index (χ1n) is 7.54. The third-order valence-electron chi connectivity index (χ3n) is 3.52. The summed E-state index contributed by atoms with van der Waals surface area (Å²) >= 11 is 11.7. The molecule has 0 fully saturated rings. The molecule has 0 radical (unpaired) electrons. The number of hydrogen-bond acceptors (Lipinski definition) is 2. The molecule has 2 amide bonds. The molecular weight excluding hydrogens is 347 g/mol. The first-order valence-corrected chi connectivity index (χ1v) is 8.29. The average molecular weight is 365 g/mol. The lowest BCUT2D eigenvalue weighted by Crippen LogP contribution is -2.26. The Morgan fingerprint density at radius 3 is 2.38 bits per heavy atom. The molecule has 0 unspecified atom stereocenters. The fourth-order valence-corrected chi connectivity index (χ4v) is 2.46. The summed E-state index contributed by atoms with van der Waals surface area (Å²) in [6.07, 6.45) is 1.04. The van der Waals surface area contributed by atoms with Gasteiger partial charge in [-0.05, 0) is 36.8 Å². The summed E-state index contributed by atoms with van der Waals surface area (Å²) in [4.78, 5) is 25.6. The largest absolute Gasteiger partial charge is 0.326 e. The van der Waals surface area contributed by atoms with E-state index in [-0.39, 0.29) is 18.2 Å². The number of nitrogens with zero attached hydrogens (tertiary/aromatic N) is 1. The third kappa shape index (κ3) is 5.25. The molecule has 4 nitrogen and oxygen atoms in total. The summed E-state index contributed by atoms with van der Waals surface area (Å²) in [7, 11) is 1.73. The van der Waals surface area contributed by atoms with Crippen molar-refractivity contribution in [1.29, 1.82) is 0 Å². The maximum absolute atomic E-state index is 12.1. The molecule has 0 saturated carbocycles. The molecule has 0 aliphatic carbocycles. The second-order valence-electron chi connectivity index (χ2n) is 5.32. The van der Waals surface area contributed by atoms with Crippen LogP contribution in [0.1, 0.15) is 19.3 Å². The Kier molecular flexibility index (Phi) is 6.64. The van der Waals surface area contributed by atoms with E-state index in [1.165, 1.54) is 0 Å². The van der Waals surface area contributed by atoms with Gasteiger partial charge in [0.25, 0.3) is 0 Å². The van der Waals surface area contributed by atoms with Gasteiger partial charge in [-0.3, -0.25) is 9.59 Å². The van der Waals surface area contributed by atoms with Crippen LogP contribution in [-0.2, 0) is 9.59 Å². The van der Waals surface area contributed by atoms with Gasteiger partial charge in [0.2, 0.25) is 11.8 Å². The van der Waals surface area contributed by atoms with Gasteiger partial charge >= 0.3 is 0 Å². The van der Waals surface area contributed by atoms with Gasteiger partial charge in [0, 0.05) is 31.3 Å². The van der Waals surface area contributed by atoms with Crippen LogP contribution < -0.4 is 10.2 Å². The monoisotopic (exact) mass is 364 g/mol. The fourth-order valence-electron chi connectivity index (χ4n) is 2.16. The van der Waals surface area contributed by atoms with Crippen LogP contribution >= 0.6 is 23.2 Å². The van der Waals surface area contributed by atoms with Crippen LogP contribution in [0.25, 0.3) is 0 Å². The Morgan fingerprint density at radius 2 is 1.71 bits per heavy atom. The smallest absolute Gasteiger partial charge is 0.226 e. The quantitative estimate of drug-likeness (QED) is 0.802. The predicted octanol–water partition coefficient (Wildman–Crippen LogP) is 4.77. The number of nitrogens with one attached hydrogen (secondary N) is 1. The molecule has 126 valence electrons. The molecule has 24 heavy (non-hydrogen) atoms. The molecule has 0 aromatic heterocycles. The van der Waals surface area contributed by atoms with Crippen LogP contribution in [0.5, 0.6) is 0 Å². The second-order valence-corrected chi connectivity index (χ2v) is 6.13. The van der Waals surface area contributed by atoms with Crippen LogP contribution in [0.15, 0.2) is 48.5 Å². The summed E-state index contributed by atoms with van der Waals surface area (Å²) in [6.45, 7) is 0. The highest BCUT2D eigenvalue weighted by atomic mass is 35.5. The molecule has 0 aliphatic rings. The van der Waals surface area contributed by atoms with Crippen molar-refractivity contribution < 1.29 is 9.59 Å². The summed E-state index contributed by atoms with van der Waals surface area (Å²) in [5, 5.41) is 3.56. The number of carbonyl (C=O) groups is 2. The molecule has 0 heterocycles. The zero-order valence-corrected chi connectivity index (χ0v) is 14.8. The third-order valence-corrected chi connectivity index (χ3v) is 4.25. The van der Waals surface area contributed by atoms with E-state index in [1.807, 2.05) is 30.3 Å². The van der Waals surface area contributed by atoms with Gasteiger partial charge in [0.05, 0.1) is 10.0 Å². The number of hydrogen-bond donors (Lipinski definition) is 1. The van der Waals surface area contributed by atoms with Crippen molar-refractivity contribution in [2.45, 2.75) is 19.3 Å². The number of halogens is 2. The Bertz CT molecular complexity index is 720. The standard InChI is InChI=1S/C18H18Cl2N2O2/c1-22(14-6-3-2-4-7-14)18(24)9-5-8-17(23)21-13-10-11-15(19)16(20)12-13/h2-4,6-7,10-12H,5,8-9H2,1H3,(H,21,23). The van der Waals surface area contributed by atoms with E-state index in [0.717, 1.165) is 5.69 Å². The minimum absolute atomic E-state index is 0.0245. The molecule has 2 rings (SSSR count). The lowest BCUT2D eigenvalue weighted by atomic mass is 10.2. The van der Waals surface area contributed by atoms with Crippen molar-refractivity contribution in [2.75, 3.05) is 17.3 Å². The first-order chi connectivity index (χ1) is 11.5. The molecule has 0 aliphatic heterocycles. The van der Waals surface area contributed by atoms with E-state index < -0.39 is 0 Å². The minimum Gasteiger partial charge on any atom is -0.326 e. The predicted molar refractivity (Wildman–Crippen MR) is 98.8 cm³/mol. The molecular formula is C18H18Cl2N2O2. The lowest BCUT2D eigenvalue weighted by molar-refractivity contribution is -0.118. The van der Waals surface area contributed by atoms with E-state index in [1.54, 1.807) is 30.1 Å². The zero-order valence-electron chi connectivity index (χ0n) is 13.3. The highest BCUT2D eigenvalue weighted by molar-refractivity contribution is 6.42. The van der Waals surface area contributed by atoms with Gasteiger partial charge in [-0.25, -0.2) is 0 Å². The van der Waals surface area contributed by atoms with Crippen molar-refractivity contribution in [3.8, 4) is 0 Å². The molecule has 6 heteroatoms. The summed E-state index contributed by atoms with van der Waals surface area (Å²) in [5.41, 5.74) is 1.42. The lowest BCUT2D eigenvalue weighted by Gasteiger charge is -2.17. The topological polar surface area (TPSA) is 49.4 Å². The molecule has 1 N–H and O–H groups in total. The number of rotatable bonds is 6. The Balaban J connectivity index is 1.77. The van der Waals surface area contributed by atoms with Gasteiger partial charge < -0.3 is 10.2 Å². The van der Waals surface area contributed by atoms with Gasteiger partial charge in [0.1, 0.15) is 0 Å². The first kappa shape index (κ1) is 18.3. The Morgan fingerprint density at radius 1 is 1.00 bits per heavy atom. The van der Waals surface area contributed by atoms with Crippen molar-refractivity contribution in [2.24, 2.45) is 0 Å². The fraction of sp³-hybridized carbons (Fsp3) is 0.222. The summed E-state index contributed by atoms with van der Waals surface area (Å²) in [6, 6.07) is 14.3. The van der Waals surface area contributed by atoms with E-state index in [2.05, 4.69) is 5.32 Å². The number of para-hydroxylation sites is 1. The van der Waals surface area contributed by atoms with Crippen LogP contribution in [-0.4, -0.2) is 18.9 Å². The SMILES string of the molecule is CN(C(=O)CCCC(=O)Nc1ccc(Cl)c(Cl)c1)c1ccccc1. The summed E-state index contributed by atoms with van der Waals surface area (Å²) < 4.78 is 0. The zero-order chi connectivity index (χ0) is 17.5. The summed E-state index contributed by atoms with van der Waals surface area (Å²) in [5.74, 6) is -0.188. The second kappa shape index (κ2) is 8.71. The molecule has 0 atom stereocenters. The maximum atomic E-state index is 12.1. The normalized spacial score (nSPS) is 10.3. The van der Waals surface area contributed by atoms with Crippen LogP contribution in [0.2, 0.25) is 10.0 Å². The number of benzene rings is 2. The van der Waals surface area contributed by atoms with E-state index in [9.17, 15) is 9.59 Å². The maximum Gasteiger partial charge on any atom is 0.226 e. The minimum atomic E-state index is -0.163. The van der Waals surface area contributed by atoms with Crippen molar-refractivity contribution in [1.82, 2.24) is 0 Å². The van der Waals surface area contributed by atoms with Crippen molar-refractivity contribution in [3.05, 3.63) is 58.6 Å². The van der Waals surface area contributed by atoms with Gasteiger partial charge in [-0.2, -0.15) is 0 Å². The van der Waals surface area contributed by atoms with Crippen LogP contribution in [0, 0.1) is 0 Å². The molecule has 0 bridgehead atoms. The number of carbonyl (C=O) groups excluding carboxylic acids is 2. The highest BCUT2D eigenvalue weighted by Gasteiger charge is 2.11. The average Bonchev–Trinajstić information content (AvgIpc) is 2.58. The Hall–Kier alpha value is -2.04. The van der Waals surface area contributed by atoms with E-state index in [4.69, 9.17) is 23.2 Å². The van der Waals surface area contributed by atoms with Crippen molar-refractivity contribution >= 4 is 46.4 Å². The number of amides is 2.